The van der Waals surface area contributed by atoms with E-state index in [2.05, 4.69) is 10.3 Å². The standard InChI is InChI=1S/C22H28F4N2O/c1-4-6-18(9-10-22(24,25)26)15-27-11-12-28-21(29)16(3)13-19-8-7-17(5-2)14-20(19)23/h4,6-8,11,14-16H,5,9-10,12-13H2,1-3H3,(H,28,29)/b6-4-,18-15+,27-11+/t16-/m0/s1. The smallest absolute Gasteiger partial charge is 0.351 e. The summed E-state index contributed by atoms with van der Waals surface area (Å²) in [6.07, 6.45) is 1.72. The average Bonchev–Trinajstić information content (AvgIpc) is 2.66. The second kappa shape index (κ2) is 12.2. The highest BCUT2D eigenvalue weighted by atomic mass is 19.4. The van der Waals surface area contributed by atoms with Crippen molar-refractivity contribution < 1.29 is 22.4 Å². The largest absolute Gasteiger partial charge is 0.389 e. The second-order valence-corrected chi connectivity index (χ2v) is 6.78. The van der Waals surface area contributed by atoms with Crippen molar-refractivity contribution >= 4 is 12.1 Å². The lowest BCUT2D eigenvalue weighted by atomic mass is 9.98. The first kappa shape index (κ1) is 24.6. The van der Waals surface area contributed by atoms with E-state index in [1.54, 1.807) is 32.1 Å². The number of nitrogens with one attached hydrogen (secondary N) is 1. The first-order chi connectivity index (χ1) is 13.7. The fraction of sp³-hybridized carbons (Fsp3) is 0.455. The highest BCUT2D eigenvalue weighted by Gasteiger charge is 2.26. The maximum absolute atomic E-state index is 14.1. The van der Waals surface area contributed by atoms with Crippen LogP contribution < -0.4 is 5.32 Å². The van der Waals surface area contributed by atoms with Crippen molar-refractivity contribution in [3.63, 3.8) is 0 Å². The Morgan fingerprint density at radius 1 is 1.31 bits per heavy atom. The van der Waals surface area contributed by atoms with Gasteiger partial charge in [-0.1, -0.05) is 38.1 Å². The summed E-state index contributed by atoms with van der Waals surface area (Å²) >= 11 is 0. The Morgan fingerprint density at radius 3 is 2.62 bits per heavy atom. The van der Waals surface area contributed by atoms with Gasteiger partial charge >= 0.3 is 6.18 Å². The molecule has 0 aliphatic carbocycles. The third-order valence-corrected chi connectivity index (χ3v) is 4.29. The van der Waals surface area contributed by atoms with Crippen molar-refractivity contribution in [1.82, 2.24) is 5.32 Å². The number of halogens is 4. The van der Waals surface area contributed by atoms with Crippen LogP contribution in [0.2, 0.25) is 0 Å². The van der Waals surface area contributed by atoms with E-state index in [9.17, 15) is 22.4 Å². The van der Waals surface area contributed by atoms with E-state index in [-0.39, 0.29) is 31.1 Å². The van der Waals surface area contributed by atoms with Crippen LogP contribution in [0.5, 0.6) is 0 Å². The number of hydrogen-bond donors (Lipinski definition) is 1. The van der Waals surface area contributed by atoms with Gasteiger partial charge in [0.2, 0.25) is 5.91 Å². The molecule has 1 atom stereocenters. The lowest BCUT2D eigenvalue weighted by Gasteiger charge is -2.12. The molecule has 0 aliphatic heterocycles. The molecule has 0 saturated carbocycles. The molecule has 0 unspecified atom stereocenters. The Kier molecular flexibility index (Phi) is 10.3. The number of aryl methyl sites for hydroxylation is 1. The number of alkyl halides is 3. The van der Waals surface area contributed by atoms with Gasteiger partial charge in [0.25, 0.3) is 0 Å². The van der Waals surface area contributed by atoms with Crippen LogP contribution in [-0.4, -0.2) is 24.8 Å². The van der Waals surface area contributed by atoms with E-state index in [1.807, 2.05) is 13.0 Å². The van der Waals surface area contributed by atoms with E-state index in [0.29, 0.717) is 11.1 Å². The predicted octanol–water partition coefficient (Wildman–Crippen LogP) is 5.56. The molecule has 1 aromatic carbocycles. The molecule has 0 aliphatic rings. The van der Waals surface area contributed by atoms with E-state index in [0.717, 1.165) is 12.0 Å². The summed E-state index contributed by atoms with van der Waals surface area (Å²) in [6, 6.07) is 5.04. The maximum atomic E-state index is 14.1. The van der Waals surface area contributed by atoms with Crippen LogP contribution in [-0.2, 0) is 17.6 Å². The Hall–Kier alpha value is -2.44. The molecule has 7 heteroatoms. The Labute approximate surface area is 169 Å². The van der Waals surface area contributed by atoms with Crippen LogP contribution >= 0.6 is 0 Å². The molecule has 0 fully saturated rings. The molecule has 160 valence electrons. The van der Waals surface area contributed by atoms with E-state index < -0.39 is 18.5 Å². The quantitative estimate of drug-likeness (QED) is 0.305. The number of aliphatic imine (C=N–C) groups is 1. The SMILES string of the molecule is C\C=C/C(=C\N=C\CNC(=O)[C@@H](C)Cc1ccc(CC)cc1F)CCC(F)(F)F. The molecule has 1 aromatic rings. The number of rotatable bonds is 10. The van der Waals surface area contributed by atoms with Crippen molar-refractivity contribution in [2.75, 3.05) is 6.54 Å². The zero-order chi connectivity index (χ0) is 21.9. The summed E-state index contributed by atoms with van der Waals surface area (Å²) in [5.41, 5.74) is 1.84. The van der Waals surface area contributed by atoms with Gasteiger partial charge in [-0.2, -0.15) is 13.2 Å². The topological polar surface area (TPSA) is 41.5 Å². The summed E-state index contributed by atoms with van der Waals surface area (Å²) in [7, 11) is 0. The first-order valence-corrected chi connectivity index (χ1v) is 9.61. The van der Waals surface area contributed by atoms with E-state index in [1.165, 1.54) is 18.5 Å². The minimum absolute atomic E-state index is 0.138. The van der Waals surface area contributed by atoms with Crippen LogP contribution in [0.25, 0.3) is 0 Å². The average molecular weight is 412 g/mol. The summed E-state index contributed by atoms with van der Waals surface area (Å²) in [6.45, 7) is 5.50. The van der Waals surface area contributed by atoms with Gasteiger partial charge in [0, 0.05) is 24.8 Å². The molecule has 1 N–H and O–H groups in total. The Balaban J connectivity index is 2.52. The molecule has 29 heavy (non-hydrogen) atoms. The monoisotopic (exact) mass is 412 g/mol. The third-order valence-electron chi connectivity index (χ3n) is 4.29. The van der Waals surface area contributed by atoms with Crippen LogP contribution in [0.15, 0.2) is 47.1 Å². The summed E-state index contributed by atoms with van der Waals surface area (Å²) in [5.74, 6) is -0.984. The molecule has 0 spiro atoms. The maximum Gasteiger partial charge on any atom is 0.389 e. The van der Waals surface area contributed by atoms with Crippen LogP contribution in [0.1, 0.15) is 44.7 Å². The number of amides is 1. The molecular formula is C22H28F4N2O. The number of benzene rings is 1. The molecule has 0 bridgehead atoms. The zero-order valence-electron chi connectivity index (χ0n) is 17.0. The zero-order valence-corrected chi connectivity index (χ0v) is 17.0. The van der Waals surface area contributed by atoms with E-state index >= 15 is 0 Å². The van der Waals surface area contributed by atoms with Gasteiger partial charge in [-0.05, 0) is 49.0 Å². The lowest BCUT2D eigenvalue weighted by Crippen LogP contribution is -2.31. The Bertz CT molecular complexity index is 752. The molecule has 0 aromatic heterocycles. The molecule has 0 radical (unpaired) electrons. The van der Waals surface area contributed by atoms with Gasteiger partial charge in [0.1, 0.15) is 5.82 Å². The predicted molar refractivity (Wildman–Crippen MR) is 108 cm³/mol. The van der Waals surface area contributed by atoms with Crippen molar-refractivity contribution in [2.24, 2.45) is 10.9 Å². The van der Waals surface area contributed by atoms with Gasteiger partial charge in [0.05, 0.1) is 6.54 Å². The second-order valence-electron chi connectivity index (χ2n) is 6.78. The fourth-order valence-electron chi connectivity index (χ4n) is 2.61. The highest BCUT2D eigenvalue weighted by Crippen LogP contribution is 2.24. The third kappa shape index (κ3) is 10.1. The molecule has 0 saturated heterocycles. The Morgan fingerprint density at radius 2 is 2.03 bits per heavy atom. The molecule has 1 amide bonds. The highest BCUT2D eigenvalue weighted by molar-refractivity contribution is 5.81. The molecule has 0 heterocycles. The summed E-state index contributed by atoms with van der Waals surface area (Å²) in [5, 5.41) is 2.67. The molecule has 1 rings (SSSR count). The van der Waals surface area contributed by atoms with Gasteiger partial charge in [0.15, 0.2) is 0 Å². The van der Waals surface area contributed by atoms with Crippen molar-refractivity contribution in [3.8, 4) is 0 Å². The van der Waals surface area contributed by atoms with Gasteiger partial charge in [-0.15, -0.1) is 0 Å². The fourth-order valence-corrected chi connectivity index (χ4v) is 2.61. The number of nitrogens with zero attached hydrogens (tertiary/aromatic N) is 1. The summed E-state index contributed by atoms with van der Waals surface area (Å²) < 4.78 is 51.0. The van der Waals surface area contributed by atoms with Crippen molar-refractivity contribution in [1.29, 1.82) is 0 Å². The number of carbonyl (C=O) groups excluding carboxylic acids is 1. The number of allylic oxidation sites excluding steroid dienone is 3. The van der Waals surface area contributed by atoms with E-state index in [4.69, 9.17) is 0 Å². The van der Waals surface area contributed by atoms with Crippen LogP contribution in [0.3, 0.4) is 0 Å². The normalized spacial score (nSPS) is 14.0. The van der Waals surface area contributed by atoms with Crippen LogP contribution in [0, 0.1) is 11.7 Å². The number of carbonyl (C=O) groups is 1. The van der Waals surface area contributed by atoms with Gasteiger partial charge in [-0.25, -0.2) is 4.39 Å². The molecular weight excluding hydrogens is 384 g/mol. The van der Waals surface area contributed by atoms with Gasteiger partial charge in [-0.3, -0.25) is 9.79 Å². The summed E-state index contributed by atoms with van der Waals surface area (Å²) in [4.78, 5) is 16.1. The van der Waals surface area contributed by atoms with Gasteiger partial charge < -0.3 is 5.32 Å². The minimum Gasteiger partial charge on any atom is -0.351 e. The van der Waals surface area contributed by atoms with Crippen molar-refractivity contribution in [3.05, 3.63) is 59.1 Å². The lowest BCUT2D eigenvalue weighted by molar-refractivity contribution is -0.133. The first-order valence-electron chi connectivity index (χ1n) is 9.61. The van der Waals surface area contributed by atoms with Crippen molar-refractivity contribution in [2.45, 2.75) is 52.6 Å². The minimum atomic E-state index is -4.22. The van der Waals surface area contributed by atoms with Crippen LogP contribution in [0.4, 0.5) is 17.6 Å². The molecule has 3 nitrogen and oxygen atoms in total. The number of hydrogen-bond acceptors (Lipinski definition) is 2.